The van der Waals surface area contributed by atoms with E-state index in [2.05, 4.69) is 10.2 Å². The number of aromatic nitrogens is 1. The maximum atomic E-state index is 13.9. The Bertz CT molecular complexity index is 2220. The average molecular weight is 927 g/mol. The summed E-state index contributed by atoms with van der Waals surface area (Å²) in [5, 5.41) is 22.5. The van der Waals surface area contributed by atoms with Crippen molar-refractivity contribution in [3.63, 3.8) is 0 Å². The number of halogens is 7. The van der Waals surface area contributed by atoms with Gasteiger partial charge < -0.3 is 39.3 Å². The summed E-state index contributed by atoms with van der Waals surface area (Å²) in [6, 6.07) is 17.2. The van der Waals surface area contributed by atoms with E-state index in [0.29, 0.717) is 52.1 Å². The number of anilines is 1. The molecule has 0 spiro atoms. The topological polar surface area (TPSA) is 160 Å². The van der Waals surface area contributed by atoms with Gasteiger partial charge in [0.1, 0.15) is 28.0 Å². The third-order valence-corrected chi connectivity index (χ3v) is 11.3. The van der Waals surface area contributed by atoms with E-state index in [-0.39, 0.29) is 45.4 Å². The van der Waals surface area contributed by atoms with Gasteiger partial charge in [0.05, 0.1) is 25.0 Å². The van der Waals surface area contributed by atoms with Crippen molar-refractivity contribution in [3.05, 3.63) is 117 Å². The Kier molecular flexibility index (Phi) is 15.4. The van der Waals surface area contributed by atoms with Crippen molar-refractivity contribution in [2.24, 2.45) is 11.8 Å². The number of hydrogen-bond donors (Lipinski definition) is 2. The molecule has 1 aromatic heterocycles. The molecule has 3 saturated heterocycles. The van der Waals surface area contributed by atoms with Crippen LogP contribution < -0.4 is 24.3 Å². The maximum absolute atomic E-state index is 13.9. The molecule has 4 heterocycles. The zero-order valence-corrected chi connectivity index (χ0v) is 35.0. The summed E-state index contributed by atoms with van der Waals surface area (Å²) in [5.41, 5.74) is 1.92. The van der Waals surface area contributed by atoms with Crippen molar-refractivity contribution < 1.29 is 69.9 Å². The van der Waals surface area contributed by atoms with E-state index in [1.807, 2.05) is 30.3 Å². The summed E-state index contributed by atoms with van der Waals surface area (Å²) in [5.74, 6) is -3.18. The number of benzene rings is 3. The lowest BCUT2D eigenvalue weighted by Gasteiger charge is -2.44. The van der Waals surface area contributed by atoms with Gasteiger partial charge in [-0.1, -0.05) is 59.6 Å². The molecule has 338 valence electrons. The number of piperidine rings is 3. The Morgan fingerprint density at radius 2 is 1.59 bits per heavy atom. The molecule has 3 aromatic carbocycles. The fraction of sp³-hybridized carbons (Fsp3) is 0.395. The number of aliphatic carboxylic acids is 1. The monoisotopic (exact) mass is 925 g/mol. The van der Waals surface area contributed by atoms with Gasteiger partial charge in [0.2, 0.25) is 0 Å². The van der Waals surface area contributed by atoms with E-state index < -0.39 is 42.8 Å². The number of pyridine rings is 1. The maximum Gasteiger partial charge on any atom is 0.490 e. The van der Waals surface area contributed by atoms with Gasteiger partial charge in [-0.15, -0.1) is 0 Å². The first kappa shape index (κ1) is 46.9. The van der Waals surface area contributed by atoms with Crippen molar-refractivity contribution in [2.75, 3.05) is 38.7 Å². The van der Waals surface area contributed by atoms with E-state index in [0.717, 1.165) is 51.2 Å². The van der Waals surface area contributed by atoms with Crippen LogP contribution in [0, 0.1) is 17.0 Å². The van der Waals surface area contributed by atoms with Crippen LogP contribution in [0.2, 0.25) is 10.0 Å². The van der Waals surface area contributed by atoms with Crippen LogP contribution >= 0.6 is 23.2 Å². The van der Waals surface area contributed by atoms with Crippen molar-refractivity contribution in [3.8, 4) is 17.2 Å². The van der Waals surface area contributed by atoms with E-state index in [1.54, 1.807) is 6.07 Å². The minimum absolute atomic E-state index is 0.0357. The predicted molar refractivity (Wildman–Crippen MR) is 217 cm³/mol. The van der Waals surface area contributed by atoms with E-state index in [4.69, 9.17) is 56.8 Å². The minimum Gasteiger partial charge on any atom is -0.619 e. The number of carboxylic acid groups (broad SMARTS) is 1. The first-order valence-corrected chi connectivity index (χ1v) is 20.5. The van der Waals surface area contributed by atoms with Crippen molar-refractivity contribution in [1.82, 2.24) is 4.90 Å². The third kappa shape index (κ3) is 12.8. The average Bonchev–Trinajstić information content (AvgIpc) is 4.08. The summed E-state index contributed by atoms with van der Waals surface area (Å²) < 4.78 is 87.3. The van der Waals surface area contributed by atoms with Crippen LogP contribution in [0.25, 0.3) is 0 Å². The number of carbonyl (C=O) groups is 3. The van der Waals surface area contributed by atoms with Crippen molar-refractivity contribution in [1.29, 1.82) is 0 Å². The van der Waals surface area contributed by atoms with Gasteiger partial charge >= 0.3 is 30.7 Å². The highest BCUT2D eigenvalue weighted by atomic mass is 35.5. The van der Waals surface area contributed by atoms with Gasteiger partial charge in [0.25, 0.3) is 0 Å². The van der Waals surface area contributed by atoms with Gasteiger partial charge in [-0.2, -0.15) is 26.7 Å². The van der Waals surface area contributed by atoms with Crippen LogP contribution in [0.3, 0.4) is 0 Å². The fourth-order valence-electron chi connectivity index (χ4n) is 7.14. The summed E-state index contributed by atoms with van der Waals surface area (Å²) in [4.78, 5) is 38.9. The van der Waals surface area contributed by atoms with Crippen LogP contribution in [0.15, 0.2) is 79.1 Å². The zero-order valence-electron chi connectivity index (χ0n) is 33.5. The number of carbonyl (C=O) groups excluding carboxylic acids is 2. The minimum atomic E-state index is -5.08. The number of ether oxygens (including phenoxy) is 5. The molecular formula is C43H42Cl2F5N3O10. The van der Waals surface area contributed by atoms with Crippen LogP contribution in [0.5, 0.6) is 17.2 Å². The molecule has 2 N–H and O–H groups in total. The Labute approximate surface area is 368 Å². The number of carboxylic acids is 1. The Morgan fingerprint density at radius 1 is 0.921 bits per heavy atom. The molecule has 3 atom stereocenters. The highest BCUT2D eigenvalue weighted by molar-refractivity contribution is 6.35. The normalized spacial score (nSPS) is 18.9. The van der Waals surface area contributed by atoms with Gasteiger partial charge in [0.15, 0.2) is 29.9 Å². The molecule has 8 rings (SSSR count). The second-order valence-corrected chi connectivity index (χ2v) is 15.9. The van der Waals surface area contributed by atoms with Gasteiger partial charge in [-0.3, -0.25) is 4.90 Å². The van der Waals surface area contributed by atoms with Crippen LogP contribution in [-0.4, -0.2) is 80.2 Å². The molecule has 1 saturated carbocycles. The second-order valence-electron chi connectivity index (χ2n) is 15.0. The summed E-state index contributed by atoms with van der Waals surface area (Å²) in [6.07, 6.45) is -0.292. The molecule has 20 heteroatoms. The highest BCUT2D eigenvalue weighted by Crippen LogP contribution is 2.39. The molecule has 13 nitrogen and oxygen atoms in total. The quantitative estimate of drug-likeness (QED) is 0.0478. The van der Waals surface area contributed by atoms with Crippen LogP contribution in [-0.2, 0) is 25.5 Å². The Hall–Kier alpha value is -5.59. The number of methoxy groups -OCH3 is 1. The number of fused-ring (bicyclic) bond motifs is 3. The van der Waals surface area contributed by atoms with E-state index in [1.165, 1.54) is 37.4 Å². The molecule has 3 aliphatic heterocycles. The Balaban J connectivity index is 0.000000871. The first-order chi connectivity index (χ1) is 30.0. The van der Waals surface area contributed by atoms with Gasteiger partial charge in [-0.05, 0) is 92.1 Å². The number of hydrogen-bond acceptors (Lipinski definition) is 11. The van der Waals surface area contributed by atoms with E-state index >= 15 is 0 Å². The predicted octanol–water partition coefficient (Wildman–Crippen LogP) is 8.59. The molecule has 2 bridgehead atoms. The van der Waals surface area contributed by atoms with Gasteiger partial charge in [-0.25, -0.2) is 14.4 Å². The zero-order chi connectivity index (χ0) is 45.4. The second kappa shape index (κ2) is 20.7. The first-order valence-electron chi connectivity index (χ1n) is 19.7. The van der Waals surface area contributed by atoms with Crippen molar-refractivity contribution in [2.45, 2.75) is 63.1 Å². The SMILES string of the molecule is COc1cc(C(=O)O[C@@H](Cc2c(Cl)c[n+]([O-])cc2Cl)c2ccc(OC(F)F)c(OCC3CC3)c2)ccc1NC(C(=O)O[C@H]1CN2CCC1CC2)c1ccccc1.O=C(O)C(F)(F)F. The molecule has 4 fully saturated rings. The largest absolute Gasteiger partial charge is 0.619 e. The number of nitrogens with one attached hydrogen (secondary N) is 1. The number of esters is 2. The van der Waals surface area contributed by atoms with Crippen molar-refractivity contribution >= 4 is 46.8 Å². The summed E-state index contributed by atoms with van der Waals surface area (Å²) in [6.45, 7) is -0.0536. The lowest BCUT2D eigenvalue weighted by atomic mass is 9.86. The molecule has 0 amide bonds. The number of nitrogens with zero attached hydrogens (tertiary/aromatic N) is 2. The lowest BCUT2D eigenvalue weighted by molar-refractivity contribution is -0.605. The summed E-state index contributed by atoms with van der Waals surface area (Å²) in [7, 11) is 1.44. The molecule has 4 aliphatic rings. The fourth-order valence-corrected chi connectivity index (χ4v) is 7.74. The van der Waals surface area contributed by atoms with Crippen LogP contribution in [0.1, 0.15) is 64.9 Å². The molecule has 1 unspecified atom stereocenters. The van der Waals surface area contributed by atoms with Gasteiger partial charge in [0, 0.05) is 18.5 Å². The number of rotatable bonds is 16. The lowest BCUT2D eigenvalue weighted by Crippen LogP contribution is -2.52. The molecular weight excluding hydrogens is 884 g/mol. The standard InChI is InChI=1S/C41H41Cl2F2N3O8.C2HF3O2/c1-52-35-18-28(9-11-32(35)46-38(26-5-3-2-4-6-26)40(50)55-37-22-47-15-13-25(37)14-16-47)39(49)54-34(19-29-30(42)20-48(51)21-31(29)43)27-10-12-33(56-41(44)45)36(17-27)53-23-24-7-8-24;3-2(4,5)1(6)7/h2-6,9-12,17-18,20-21,24-25,34,37-38,41,46H,7-8,13-16,19,22-23H2,1H3;(H,6,7)/t34-,37-,38?;/m0./s1. The summed E-state index contributed by atoms with van der Waals surface area (Å²) >= 11 is 12.9. The van der Waals surface area contributed by atoms with Crippen LogP contribution in [0.4, 0.5) is 27.6 Å². The smallest absolute Gasteiger partial charge is 0.490 e. The molecule has 0 radical (unpaired) electrons. The number of alkyl halides is 5. The van der Waals surface area contributed by atoms with E-state index in [9.17, 15) is 36.7 Å². The third-order valence-electron chi connectivity index (χ3n) is 10.6. The molecule has 63 heavy (non-hydrogen) atoms. The highest BCUT2D eigenvalue weighted by Gasteiger charge is 2.39. The molecule has 4 aromatic rings. The Morgan fingerprint density at radius 3 is 2.16 bits per heavy atom. The molecule has 1 aliphatic carbocycles.